The third-order valence-electron chi connectivity index (χ3n) is 2.50. The molecular weight excluding hydrogens is 202 g/mol. The minimum absolute atomic E-state index is 0.311. The summed E-state index contributed by atoms with van der Waals surface area (Å²) in [6.07, 6.45) is 4.35. The van der Waals surface area contributed by atoms with Gasteiger partial charge >= 0.3 is 0 Å². The van der Waals surface area contributed by atoms with Gasteiger partial charge in [0.15, 0.2) is 0 Å². The number of aliphatic hydroxyl groups excluding tert-OH is 1. The lowest BCUT2D eigenvalue weighted by Gasteiger charge is -2.06. The highest BCUT2D eigenvalue weighted by molar-refractivity contribution is 5.46. The quantitative estimate of drug-likeness (QED) is 0.666. The molecule has 3 heteroatoms. The van der Waals surface area contributed by atoms with E-state index in [-0.39, 0.29) is 0 Å². The predicted octanol–water partition coefficient (Wildman–Crippen LogP) is 2.66. The van der Waals surface area contributed by atoms with Gasteiger partial charge in [-0.05, 0) is 37.1 Å². The van der Waals surface area contributed by atoms with Crippen molar-refractivity contribution >= 4 is 5.69 Å². The smallest absolute Gasteiger partial charge is 0.119 e. The number of aliphatic hydroxyl groups is 1. The van der Waals surface area contributed by atoms with E-state index >= 15 is 0 Å². The van der Waals surface area contributed by atoms with Gasteiger partial charge in [-0.15, -0.1) is 0 Å². The van der Waals surface area contributed by atoms with E-state index in [0.717, 1.165) is 37.2 Å². The Balaban J connectivity index is 2.12. The lowest BCUT2D eigenvalue weighted by Crippen LogP contribution is -2.01. The third kappa shape index (κ3) is 5.03. The fourth-order valence-electron chi connectivity index (χ4n) is 1.53. The molecule has 1 aromatic rings. The average molecular weight is 223 g/mol. The van der Waals surface area contributed by atoms with Crippen LogP contribution in [0.1, 0.15) is 25.7 Å². The second-order valence-electron chi connectivity index (χ2n) is 3.79. The van der Waals surface area contributed by atoms with Gasteiger partial charge in [-0.2, -0.15) is 0 Å². The Morgan fingerprint density at radius 1 is 1.06 bits per heavy atom. The molecule has 0 saturated carbocycles. The van der Waals surface area contributed by atoms with Crippen LogP contribution < -0.4 is 10.1 Å². The van der Waals surface area contributed by atoms with Crippen molar-refractivity contribution in [3.05, 3.63) is 24.3 Å². The Bertz CT molecular complexity index is 272. The second-order valence-corrected chi connectivity index (χ2v) is 3.79. The van der Waals surface area contributed by atoms with Gasteiger partial charge in [0.1, 0.15) is 5.75 Å². The molecule has 0 aliphatic carbocycles. The molecule has 0 saturated heterocycles. The first-order chi connectivity index (χ1) is 7.86. The Labute approximate surface area is 97.4 Å². The largest absolute Gasteiger partial charge is 0.497 e. The number of rotatable bonds is 8. The van der Waals surface area contributed by atoms with Crippen molar-refractivity contribution in [2.24, 2.45) is 0 Å². The van der Waals surface area contributed by atoms with Crippen molar-refractivity contribution in [2.75, 3.05) is 25.6 Å². The van der Waals surface area contributed by atoms with Gasteiger partial charge in [0.25, 0.3) is 0 Å². The SMILES string of the molecule is COc1ccc(NCCCCCCO)cc1. The Morgan fingerprint density at radius 2 is 1.75 bits per heavy atom. The molecule has 0 bridgehead atoms. The number of anilines is 1. The van der Waals surface area contributed by atoms with E-state index in [2.05, 4.69) is 5.32 Å². The number of nitrogens with one attached hydrogen (secondary N) is 1. The molecule has 0 unspecified atom stereocenters. The Hall–Kier alpha value is -1.22. The van der Waals surface area contributed by atoms with E-state index in [4.69, 9.17) is 9.84 Å². The number of unbranched alkanes of at least 4 members (excludes halogenated alkanes) is 3. The highest BCUT2D eigenvalue weighted by atomic mass is 16.5. The van der Waals surface area contributed by atoms with E-state index < -0.39 is 0 Å². The second kappa shape index (κ2) is 7.99. The first-order valence-corrected chi connectivity index (χ1v) is 5.85. The first-order valence-electron chi connectivity index (χ1n) is 5.85. The molecule has 90 valence electrons. The van der Waals surface area contributed by atoms with Crippen molar-refractivity contribution in [3.8, 4) is 5.75 Å². The molecule has 0 spiro atoms. The number of ether oxygens (including phenoxy) is 1. The summed E-state index contributed by atoms with van der Waals surface area (Å²) < 4.78 is 5.09. The van der Waals surface area contributed by atoms with E-state index in [9.17, 15) is 0 Å². The molecule has 0 amide bonds. The maximum absolute atomic E-state index is 8.62. The maximum atomic E-state index is 8.62. The van der Waals surface area contributed by atoms with Crippen LogP contribution in [0.5, 0.6) is 5.75 Å². The Morgan fingerprint density at radius 3 is 2.38 bits per heavy atom. The van der Waals surface area contributed by atoms with Crippen molar-refractivity contribution in [1.29, 1.82) is 0 Å². The van der Waals surface area contributed by atoms with Crippen LogP contribution in [0.4, 0.5) is 5.69 Å². The van der Waals surface area contributed by atoms with Gasteiger partial charge < -0.3 is 15.2 Å². The van der Waals surface area contributed by atoms with Crippen molar-refractivity contribution in [1.82, 2.24) is 0 Å². The monoisotopic (exact) mass is 223 g/mol. The van der Waals surface area contributed by atoms with Crippen LogP contribution >= 0.6 is 0 Å². The fourth-order valence-corrected chi connectivity index (χ4v) is 1.53. The standard InChI is InChI=1S/C13H21NO2/c1-16-13-8-6-12(7-9-13)14-10-4-2-3-5-11-15/h6-9,14-15H,2-5,10-11H2,1H3. The zero-order valence-corrected chi connectivity index (χ0v) is 9.91. The van der Waals surface area contributed by atoms with E-state index in [1.165, 1.54) is 6.42 Å². The summed E-state index contributed by atoms with van der Waals surface area (Å²) >= 11 is 0. The molecule has 0 heterocycles. The van der Waals surface area contributed by atoms with Gasteiger partial charge in [-0.25, -0.2) is 0 Å². The van der Waals surface area contributed by atoms with Crippen LogP contribution in [0.15, 0.2) is 24.3 Å². The lowest BCUT2D eigenvalue weighted by molar-refractivity contribution is 0.283. The van der Waals surface area contributed by atoms with Crippen LogP contribution in [0.3, 0.4) is 0 Å². The zero-order chi connectivity index (χ0) is 11.6. The molecule has 0 atom stereocenters. The summed E-state index contributed by atoms with van der Waals surface area (Å²) in [5.74, 6) is 0.883. The predicted molar refractivity (Wildman–Crippen MR) is 67.0 cm³/mol. The third-order valence-corrected chi connectivity index (χ3v) is 2.50. The van der Waals surface area contributed by atoms with Crippen molar-refractivity contribution < 1.29 is 9.84 Å². The summed E-state index contributed by atoms with van der Waals surface area (Å²) in [5.41, 5.74) is 1.13. The fraction of sp³-hybridized carbons (Fsp3) is 0.538. The van der Waals surface area contributed by atoms with Crippen LogP contribution in [0, 0.1) is 0 Å². The van der Waals surface area contributed by atoms with Gasteiger partial charge in [0, 0.05) is 18.8 Å². The molecular formula is C13H21NO2. The molecule has 0 aliphatic rings. The van der Waals surface area contributed by atoms with Crippen LogP contribution in [-0.2, 0) is 0 Å². The van der Waals surface area contributed by atoms with Gasteiger partial charge in [0.05, 0.1) is 7.11 Å². The van der Waals surface area contributed by atoms with Crippen molar-refractivity contribution in [2.45, 2.75) is 25.7 Å². The minimum atomic E-state index is 0.311. The van der Waals surface area contributed by atoms with Crippen molar-refractivity contribution in [3.63, 3.8) is 0 Å². The van der Waals surface area contributed by atoms with E-state index in [0.29, 0.717) is 6.61 Å². The summed E-state index contributed by atoms with van der Waals surface area (Å²) in [4.78, 5) is 0. The molecule has 3 nitrogen and oxygen atoms in total. The summed E-state index contributed by atoms with van der Waals surface area (Å²) in [5, 5.41) is 12.0. The van der Waals surface area contributed by atoms with Crippen LogP contribution in [-0.4, -0.2) is 25.4 Å². The van der Waals surface area contributed by atoms with Gasteiger partial charge in [0.2, 0.25) is 0 Å². The minimum Gasteiger partial charge on any atom is -0.497 e. The van der Waals surface area contributed by atoms with E-state index in [1.807, 2.05) is 24.3 Å². The Kier molecular flexibility index (Phi) is 6.42. The zero-order valence-electron chi connectivity index (χ0n) is 9.91. The van der Waals surface area contributed by atoms with Crippen LogP contribution in [0.25, 0.3) is 0 Å². The topological polar surface area (TPSA) is 41.5 Å². The first kappa shape index (κ1) is 12.8. The average Bonchev–Trinajstić information content (AvgIpc) is 2.34. The molecule has 1 aromatic carbocycles. The normalized spacial score (nSPS) is 10.1. The number of hydrogen-bond acceptors (Lipinski definition) is 3. The molecule has 2 N–H and O–H groups in total. The molecule has 0 aliphatic heterocycles. The molecule has 0 radical (unpaired) electrons. The summed E-state index contributed by atoms with van der Waals surface area (Å²) in [6.45, 7) is 1.30. The van der Waals surface area contributed by atoms with Gasteiger partial charge in [-0.1, -0.05) is 12.8 Å². The van der Waals surface area contributed by atoms with E-state index in [1.54, 1.807) is 7.11 Å². The maximum Gasteiger partial charge on any atom is 0.119 e. The summed E-state index contributed by atoms with van der Waals surface area (Å²) in [7, 11) is 1.67. The molecule has 0 fully saturated rings. The summed E-state index contributed by atoms with van der Waals surface area (Å²) in [6, 6.07) is 7.95. The molecule has 1 rings (SSSR count). The number of hydrogen-bond donors (Lipinski definition) is 2. The molecule has 16 heavy (non-hydrogen) atoms. The van der Waals surface area contributed by atoms with Gasteiger partial charge in [-0.3, -0.25) is 0 Å². The highest BCUT2D eigenvalue weighted by Crippen LogP contribution is 2.14. The lowest BCUT2D eigenvalue weighted by atomic mass is 10.2. The number of benzene rings is 1. The molecule has 0 aromatic heterocycles. The number of methoxy groups -OCH3 is 1. The van der Waals surface area contributed by atoms with Crippen LogP contribution in [0.2, 0.25) is 0 Å². The highest BCUT2D eigenvalue weighted by Gasteiger charge is 1.93.